The van der Waals surface area contributed by atoms with E-state index in [4.69, 9.17) is 5.26 Å². The molecule has 2 aromatic carbocycles. The largest absolute Gasteiger partial charge is 0.322 e. The number of hydrogen-bond donors (Lipinski definition) is 2. The van der Waals surface area contributed by atoms with Crippen LogP contribution < -0.4 is 10.0 Å². The van der Waals surface area contributed by atoms with E-state index in [2.05, 4.69) is 0 Å². The van der Waals surface area contributed by atoms with Gasteiger partial charge in [0.1, 0.15) is 0 Å². The molecule has 0 fully saturated rings. The van der Waals surface area contributed by atoms with Crippen LogP contribution in [0.15, 0.2) is 41.3 Å². The Morgan fingerprint density at radius 1 is 1.12 bits per heavy atom. The zero-order valence-electron chi connectivity index (χ0n) is 12.4. The third kappa shape index (κ3) is 4.34. The minimum absolute atomic E-state index is 0.108. The first-order valence-corrected chi connectivity index (χ1v) is 8.16. The fourth-order valence-corrected chi connectivity index (χ4v) is 2.82. The van der Waals surface area contributed by atoms with E-state index in [1.807, 2.05) is 10.0 Å². The van der Waals surface area contributed by atoms with Gasteiger partial charge < -0.3 is 5.32 Å². The number of anilines is 1. The topological polar surface area (TPSA) is 99.1 Å². The summed E-state index contributed by atoms with van der Waals surface area (Å²) in [7, 11) is -4.09. The smallest absolute Gasteiger partial charge is 0.241 e. The standard InChI is InChI=1S/C15H10F3N3O3S/c16-11-4-5-12(15(18)14(11)17)21-13(22)8-20-25(23,24)10-3-1-2-9(6-10)7-19/h1-6,20H,8H2,(H,21,22). The second-order valence-corrected chi connectivity index (χ2v) is 6.50. The van der Waals surface area contributed by atoms with Crippen LogP contribution in [0.5, 0.6) is 0 Å². The number of nitrogens with zero attached hydrogens (tertiary/aromatic N) is 1. The molecule has 0 saturated carbocycles. The molecule has 2 rings (SSSR count). The number of carbonyl (C=O) groups is 1. The lowest BCUT2D eigenvalue weighted by molar-refractivity contribution is -0.115. The molecule has 0 aromatic heterocycles. The van der Waals surface area contributed by atoms with Gasteiger partial charge in [-0.25, -0.2) is 26.3 Å². The number of amides is 1. The van der Waals surface area contributed by atoms with Gasteiger partial charge >= 0.3 is 0 Å². The molecule has 0 bridgehead atoms. The summed E-state index contributed by atoms with van der Waals surface area (Å²) in [4.78, 5) is 11.5. The van der Waals surface area contributed by atoms with Gasteiger partial charge in [0.25, 0.3) is 0 Å². The Balaban J connectivity index is 2.07. The molecule has 0 saturated heterocycles. The van der Waals surface area contributed by atoms with Crippen LogP contribution in [0.2, 0.25) is 0 Å². The molecule has 25 heavy (non-hydrogen) atoms. The van der Waals surface area contributed by atoms with Gasteiger partial charge in [0.15, 0.2) is 17.5 Å². The summed E-state index contributed by atoms with van der Waals surface area (Å²) in [5, 5.41) is 10.7. The number of sulfonamides is 1. The maximum Gasteiger partial charge on any atom is 0.241 e. The van der Waals surface area contributed by atoms with Crippen LogP contribution in [0.4, 0.5) is 18.9 Å². The van der Waals surface area contributed by atoms with Crippen molar-refractivity contribution in [1.82, 2.24) is 4.72 Å². The van der Waals surface area contributed by atoms with Crippen LogP contribution in [0.1, 0.15) is 5.56 Å². The second kappa shape index (κ2) is 7.33. The van der Waals surface area contributed by atoms with Crippen LogP contribution in [0, 0.1) is 28.8 Å². The normalized spacial score (nSPS) is 11.0. The maximum absolute atomic E-state index is 13.4. The van der Waals surface area contributed by atoms with Gasteiger partial charge in [-0.2, -0.15) is 5.26 Å². The van der Waals surface area contributed by atoms with Gasteiger partial charge in [0.2, 0.25) is 15.9 Å². The van der Waals surface area contributed by atoms with E-state index in [1.54, 1.807) is 6.07 Å². The first-order chi connectivity index (χ1) is 11.7. The highest BCUT2D eigenvalue weighted by molar-refractivity contribution is 7.89. The van der Waals surface area contributed by atoms with E-state index >= 15 is 0 Å². The zero-order chi connectivity index (χ0) is 18.6. The number of carbonyl (C=O) groups excluding carboxylic acids is 1. The van der Waals surface area contributed by atoms with Gasteiger partial charge in [-0.3, -0.25) is 4.79 Å². The summed E-state index contributed by atoms with van der Waals surface area (Å²) in [6.45, 7) is -0.780. The van der Waals surface area contributed by atoms with Crippen molar-refractivity contribution in [1.29, 1.82) is 5.26 Å². The van der Waals surface area contributed by atoms with Crippen molar-refractivity contribution >= 4 is 21.6 Å². The lowest BCUT2D eigenvalue weighted by Crippen LogP contribution is -2.33. The number of nitrogens with one attached hydrogen (secondary N) is 2. The molecule has 0 aliphatic rings. The molecule has 2 N–H and O–H groups in total. The SMILES string of the molecule is N#Cc1cccc(S(=O)(=O)NCC(=O)Nc2ccc(F)c(F)c2F)c1. The summed E-state index contributed by atoms with van der Waals surface area (Å²) in [6.07, 6.45) is 0. The minimum Gasteiger partial charge on any atom is -0.322 e. The molecule has 0 aliphatic carbocycles. The zero-order valence-corrected chi connectivity index (χ0v) is 13.2. The van der Waals surface area contributed by atoms with E-state index < -0.39 is 45.6 Å². The van der Waals surface area contributed by atoms with E-state index in [1.165, 1.54) is 18.2 Å². The van der Waals surface area contributed by atoms with Crippen LogP contribution in [0.25, 0.3) is 0 Å². The Hall–Kier alpha value is -2.90. The highest BCUT2D eigenvalue weighted by atomic mass is 32.2. The quantitative estimate of drug-likeness (QED) is 0.787. The van der Waals surface area contributed by atoms with Crippen molar-refractivity contribution in [3.8, 4) is 6.07 Å². The van der Waals surface area contributed by atoms with E-state index in [-0.39, 0.29) is 10.5 Å². The molecule has 0 radical (unpaired) electrons. The highest BCUT2D eigenvalue weighted by Gasteiger charge is 2.18. The molecule has 6 nitrogen and oxygen atoms in total. The van der Waals surface area contributed by atoms with Crippen LogP contribution in [0.3, 0.4) is 0 Å². The number of nitriles is 1. The molecular weight excluding hydrogens is 359 g/mol. The summed E-state index contributed by atoms with van der Waals surface area (Å²) in [5.74, 6) is -5.77. The first kappa shape index (κ1) is 18.4. The predicted octanol–water partition coefficient (Wildman–Crippen LogP) is 1.89. The van der Waals surface area contributed by atoms with E-state index in [9.17, 15) is 26.4 Å². The molecule has 0 heterocycles. The van der Waals surface area contributed by atoms with Crippen molar-refractivity contribution in [2.75, 3.05) is 11.9 Å². The molecule has 10 heteroatoms. The fourth-order valence-electron chi connectivity index (χ4n) is 1.79. The Morgan fingerprint density at radius 3 is 2.52 bits per heavy atom. The Morgan fingerprint density at radius 2 is 1.84 bits per heavy atom. The molecular formula is C15H10F3N3O3S. The third-order valence-corrected chi connectivity index (χ3v) is 4.40. The third-order valence-electron chi connectivity index (χ3n) is 3.01. The van der Waals surface area contributed by atoms with E-state index in [0.717, 1.165) is 12.1 Å². The number of hydrogen-bond acceptors (Lipinski definition) is 4. The van der Waals surface area contributed by atoms with Crippen molar-refractivity contribution in [2.24, 2.45) is 0 Å². The lowest BCUT2D eigenvalue weighted by atomic mass is 10.2. The summed E-state index contributed by atoms with van der Waals surface area (Å²) >= 11 is 0. The van der Waals surface area contributed by atoms with Crippen molar-refractivity contribution < 1.29 is 26.4 Å². The average molecular weight is 369 g/mol. The molecule has 2 aromatic rings. The van der Waals surface area contributed by atoms with Crippen LogP contribution in [-0.2, 0) is 14.8 Å². The number of halogens is 3. The maximum atomic E-state index is 13.4. The molecule has 0 unspecified atom stereocenters. The number of rotatable bonds is 5. The lowest BCUT2D eigenvalue weighted by Gasteiger charge is -2.09. The van der Waals surface area contributed by atoms with Crippen LogP contribution in [-0.4, -0.2) is 20.9 Å². The first-order valence-electron chi connectivity index (χ1n) is 6.68. The molecule has 0 atom stereocenters. The molecule has 130 valence electrons. The second-order valence-electron chi connectivity index (χ2n) is 4.74. The van der Waals surface area contributed by atoms with Crippen LogP contribution >= 0.6 is 0 Å². The van der Waals surface area contributed by atoms with Gasteiger partial charge in [0.05, 0.1) is 28.8 Å². The highest BCUT2D eigenvalue weighted by Crippen LogP contribution is 2.19. The molecule has 0 aliphatic heterocycles. The van der Waals surface area contributed by atoms with Gasteiger partial charge in [-0.15, -0.1) is 0 Å². The molecule has 1 amide bonds. The van der Waals surface area contributed by atoms with Crippen molar-refractivity contribution in [2.45, 2.75) is 4.90 Å². The van der Waals surface area contributed by atoms with Gasteiger partial charge in [0, 0.05) is 0 Å². The van der Waals surface area contributed by atoms with Crippen molar-refractivity contribution in [3.63, 3.8) is 0 Å². The van der Waals surface area contributed by atoms with Crippen molar-refractivity contribution in [3.05, 3.63) is 59.4 Å². The summed E-state index contributed by atoms with van der Waals surface area (Å²) in [6, 6.07) is 8.27. The predicted molar refractivity (Wildman–Crippen MR) is 81.3 cm³/mol. The fraction of sp³-hybridized carbons (Fsp3) is 0.0667. The molecule has 0 spiro atoms. The summed E-state index contributed by atoms with van der Waals surface area (Å²) < 4.78 is 65.4. The number of benzene rings is 2. The minimum atomic E-state index is -4.09. The summed E-state index contributed by atoms with van der Waals surface area (Å²) in [5.41, 5.74) is -0.522. The Bertz CT molecular complexity index is 972. The van der Waals surface area contributed by atoms with Gasteiger partial charge in [-0.05, 0) is 30.3 Å². The Labute approximate surface area is 140 Å². The van der Waals surface area contributed by atoms with E-state index in [0.29, 0.717) is 6.07 Å². The Kier molecular flexibility index (Phi) is 5.41. The monoisotopic (exact) mass is 369 g/mol. The average Bonchev–Trinajstić information content (AvgIpc) is 2.60. The van der Waals surface area contributed by atoms with Gasteiger partial charge in [-0.1, -0.05) is 6.07 Å².